The van der Waals surface area contributed by atoms with Crippen LogP contribution in [0.25, 0.3) is 11.0 Å². The van der Waals surface area contributed by atoms with Crippen molar-refractivity contribution in [3.05, 3.63) is 107 Å². The smallest absolute Gasteiger partial charge is 0.271 e. The van der Waals surface area contributed by atoms with Crippen molar-refractivity contribution >= 4 is 16.9 Å². The van der Waals surface area contributed by atoms with Gasteiger partial charge >= 0.3 is 0 Å². The van der Waals surface area contributed by atoms with Crippen LogP contribution in [0.15, 0.2) is 79.0 Å². The van der Waals surface area contributed by atoms with Crippen LogP contribution < -0.4 is 5.32 Å². The van der Waals surface area contributed by atoms with Crippen LogP contribution >= 0.6 is 0 Å². The number of para-hydroxylation sites is 2. The molecule has 1 aliphatic heterocycles. The first-order chi connectivity index (χ1) is 25.6. The Morgan fingerprint density at radius 2 is 1.35 bits per heavy atom. The second-order valence-corrected chi connectivity index (χ2v) is 14.4. The Hall–Kier alpha value is -3.69. The maximum absolute atomic E-state index is 12.9. The zero-order valence-corrected chi connectivity index (χ0v) is 31.5. The molecule has 1 amide bonds. The standard InChI is InChI=1S/C44H60N4O4/c1-3-5-7-9-11-15-27-48(28-16-12-10-8-6-4-2)32-38-29-42(36-23-21-35(33-49)22-24-36)52-44(51-38)37-25-19-34(20-26-37)30-46-43(50)41-31-45-39-17-13-14-18-40(39)47-41/h13-14,17-26,31,38,42,44,49H,3-12,15-16,27-30,32-33H2,1-2H3,(H,46,50)/t38-,42+,44+/m0/s1. The molecule has 0 unspecified atom stereocenters. The summed E-state index contributed by atoms with van der Waals surface area (Å²) in [6, 6.07) is 23.8. The van der Waals surface area contributed by atoms with E-state index in [2.05, 4.69) is 46.2 Å². The van der Waals surface area contributed by atoms with E-state index in [9.17, 15) is 9.90 Å². The quantitative estimate of drug-likeness (QED) is 0.0785. The number of nitrogens with one attached hydrogen (secondary N) is 1. The number of aliphatic hydroxyl groups is 1. The summed E-state index contributed by atoms with van der Waals surface area (Å²) < 4.78 is 13.4. The maximum Gasteiger partial charge on any atom is 0.271 e. The molecule has 2 heterocycles. The minimum absolute atomic E-state index is 0.0171. The predicted octanol–water partition coefficient (Wildman–Crippen LogP) is 9.62. The molecule has 0 radical (unpaired) electrons. The summed E-state index contributed by atoms with van der Waals surface area (Å²) in [7, 11) is 0. The summed E-state index contributed by atoms with van der Waals surface area (Å²) in [6.07, 6.45) is 17.2. The first kappa shape index (κ1) is 39.5. The van der Waals surface area contributed by atoms with Crippen LogP contribution in [0.5, 0.6) is 0 Å². The van der Waals surface area contributed by atoms with Crippen molar-refractivity contribution in [2.75, 3.05) is 19.6 Å². The first-order valence-electron chi connectivity index (χ1n) is 19.9. The third kappa shape index (κ3) is 12.5. The van der Waals surface area contributed by atoms with Gasteiger partial charge in [0.1, 0.15) is 5.69 Å². The molecule has 0 aliphatic carbocycles. The van der Waals surface area contributed by atoms with E-state index >= 15 is 0 Å². The van der Waals surface area contributed by atoms with Crippen LogP contribution in [-0.2, 0) is 22.6 Å². The summed E-state index contributed by atoms with van der Waals surface area (Å²) in [5, 5.41) is 12.6. The monoisotopic (exact) mass is 708 g/mol. The van der Waals surface area contributed by atoms with Gasteiger partial charge in [-0.05, 0) is 54.8 Å². The van der Waals surface area contributed by atoms with Gasteiger partial charge in [-0.1, -0.05) is 139 Å². The first-order valence-corrected chi connectivity index (χ1v) is 19.9. The highest BCUT2D eigenvalue weighted by atomic mass is 16.7. The van der Waals surface area contributed by atoms with E-state index in [1.807, 2.05) is 60.7 Å². The minimum Gasteiger partial charge on any atom is -0.392 e. The van der Waals surface area contributed by atoms with Gasteiger partial charge in [0.15, 0.2) is 6.29 Å². The van der Waals surface area contributed by atoms with E-state index in [-0.39, 0.29) is 24.7 Å². The minimum atomic E-state index is -0.511. The second kappa shape index (κ2) is 21.7. The number of unbranched alkanes of at least 4 members (excludes halogenated alkanes) is 10. The maximum atomic E-state index is 12.9. The number of hydrogen-bond acceptors (Lipinski definition) is 7. The molecule has 0 spiro atoms. The normalized spacial score (nSPS) is 17.5. The Kier molecular flexibility index (Phi) is 16.5. The molecule has 1 fully saturated rings. The van der Waals surface area contributed by atoms with Crippen molar-refractivity contribution in [2.24, 2.45) is 0 Å². The van der Waals surface area contributed by atoms with Gasteiger partial charge in [-0.15, -0.1) is 0 Å². The SMILES string of the molecule is CCCCCCCCN(CCCCCCCC)C[C@@H]1C[C@H](c2ccc(CO)cc2)O[C@H](c2ccc(CNC(=O)c3cnc4ccccc4n3)cc2)O1. The van der Waals surface area contributed by atoms with Gasteiger partial charge in [0, 0.05) is 25.1 Å². The highest BCUT2D eigenvalue weighted by Gasteiger charge is 2.33. The molecule has 1 aromatic heterocycles. The molecule has 3 aromatic carbocycles. The molecule has 2 N–H and O–H groups in total. The third-order valence-electron chi connectivity index (χ3n) is 10.1. The lowest BCUT2D eigenvalue weighted by molar-refractivity contribution is -0.253. The molecule has 8 heteroatoms. The summed E-state index contributed by atoms with van der Waals surface area (Å²) >= 11 is 0. The predicted molar refractivity (Wildman–Crippen MR) is 209 cm³/mol. The highest BCUT2D eigenvalue weighted by Crippen LogP contribution is 2.38. The molecule has 4 aromatic rings. The van der Waals surface area contributed by atoms with Crippen LogP contribution in [-0.4, -0.2) is 51.6 Å². The van der Waals surface area contributed by atoms with Gasteiger partial charge < -0.3 is 24.8 Å². The van der Waals surface area contributed by atoms with Crippen LogP contribution in [0.3, 0.4) is 0 Å². The largest absolute Gasteiger partial charge is 0.392 e. The van der Waals surface area contributed by atoms with Gasteiger partial charge in [-0.2, -0.15) is 0 Å². The van der Waals surface area contributed by atoms with Crippen molar-refractivity contribution in [3.63, 3.8) is 0 Å². The number of amides is 1. The molecule has 1 saturated heterocycles. The van der Waals surface area contributed by atoms with Crippen molar-refractivity contribution in [1.29, 1.82) is 0 Å². The van der Waals surface area contributed by atoms with Crippen LogP contribution in [0.1, 0.15) is 142 Å². The molecule has 52 heavy (non-hydrogen) atoms. The topological polar surface area (TPSA) is 96.8 Å². The number of benzene rings is 3. The van der Waals surface area contributed by atoms with Crippen molar-refractivity contribution in [1.82, 2.24) is 20.2 Å². The Labute approximate surface area is 311 Å². The number of carbonyl (C=O) groups excluding carboxylic acids is 1. The molecule has 1 aliphatic rings. The number of nitrogens with zero attached hydrogens (tertiary/aromatic N) is 3. The lowest BCUT2D eigenvalue weighted by atomic mass is 9.99. The Morgan fingerprint density at radius 3 is 2.00 bits per heavy atom. The van der Waals surface area contributed by atoms with E-state index in [0.29, 0.717) is 17.8 Å². The van der Waals surface area contributed by atoms with Gasteiger partial charge in [-0.3, -0.25) is 9.78 Å². The van der Waals surface area contributed by atoms with Crippen LogP contribution in [0.2, 0.25) is 0 Å². The lowest BCUT2D eigenvalue weighted by Gasteiger charge is -2.38. The molecule has 0 bridgehead atoms. The highest BCUT2D eigenvalue weighted by molar-refractivity contribution is 5.93. The van der Waals surface area contributed by atoms with Crippen molar-refractivity contribution in [3.8, 4) is 0 Å². The zero-order valence-electron chi connectivity index (χ0n) is 31.5. The fourth-order valence-corrected chi connectivity index (χ4v) is 6.98. The molecule has 5 rings (SSSR count). The number of hydrogen-bond donors (Lipinski definition) is 2. The number of fused-ring (bicyclic) bond motifs is 1. The second-order valence-electron chi connectivity index (χ2n) is 14.4. The summed E-state index contributed by atoms with van der Waals surface area (Å²) in [6.45, 7) is 8.03. The van der Waals surface area contributed by atoms with E-state index in [4.69, 9.17) is 9.47 Å². The average molecular weight is 709 g/mol. The molecule has 0 saturated carbocycles. The number of ether oxygens (including phenoxy) is 2. The molecule has 280 valence electrons. The van der Waals surface area contributed by atoms with Crippen molar-refractivity contribution in [2.45, 2.75) is 129 Å². The van der Waals surface area contributed by atoms with Gasteiger partial charge in [0.05, 0.1) is 36.0 Å². The molecular formula is C44H60N4O4. The van der Waals surface area contributed by atoms with Gasteiger partial charge in [-0.25, -0.2) is 4.98 Å². The number of aromatic nitrogens is 2. The Balaban J connectivity index is 1.24. The molecular weight excluding hydrogens is 649 g/mol. The van der Waals surface area contributed by atoms with Crippen molar-refractivity contribution < 1.29 is 19.4 Å². The number of aliphatic hydroxyl groups excluding tert-OH is 1. The Bertz CT molecular complexity index is 1600. The van der Waals surface area contributed by atoms with Crippen LogP contribution in [0.4, 0.5) is 0 Å². The average Bonchev–Trinajstić information content (AvgIpc) is 3.19. The van der Waals surface area contributed by atoms with E-state index in [1.165, 1.54) is 83.2 Å². The summed E-state index contributed by atoms with van der Waals surface area (Å²) in [5.41, 5.74) is 5.67. The third-order valence-corrected chi connectivity index (χ3v) is 10.1. The van der Waals surface area contributed by atoms with Crippen LogP contribution in [0, 0.1) is 0 Å². The fourth-order valence-electron chi connectivity index (χ4n) is 6.98. The molecule has 8 nitrogen and oxygen atoms in total. The number of carbonyl (C=O) groups is 1. The lowest BCUT2D eigenvalue weighted by Crippen LogP contribution is -2.40. The zero-order chi connectivity index (χ0) is 36.4. The van der Waals surface area contributed by atoms with E-state index < -0.39 is 6.29 Å². The van der Waals surface area contributed by atoms with E-state index in [0.717, 1.165) is 53.8 Å². The summed E-state index contributed by atoms with van der Waals surface area (Å²) in [5.74, 6) is -0.259. The molecule has 3 atom stereocenters. The van der Waals surface area contributed by atoms with Gasteiger partial charge in [0.2, 0.25) is 0 Å². The summed E-state index contributed by atoms with van der Waals surface area (Å²) in [4.78, 5) is 24.4. The fraction of sp³-hybridized carbons (Fsp3) is 0.523. The van der Waals surface area contributed by atoms with Gasteiger partial charge in [0.25, 0.3) is 5.91 Å². The van der Waals surface area contributed by atoms with E-state index in [1.54, 1.807) is 0 Å². The number of rotatable bonds is 22. The Morgan fingerprint density at radius 1 is 0.750 bits per heavy atom.